The molecule has 0 spiro atoms. The van der Waals surface area contributed by atoms with Crippen LogP contribution in [0.15, 0.2) is 0 Å². The number of esters is 1. The number of hydrogen-bond acceptors (Lipinski definition) is 11. The Kier molecular flexibility index (Phi) is 23.3. The van der Waals surface area contributed by atoms with Crippen LogP contribution in [0.3, 0.4) is 0 Å². The number of carbonyl (C=O) groups excluding carboxylic acids is 2. The van der Waals surface area contributed by atoms with Gasteiger partial charge in [0.2, 0.25) is 5.91 Å². The lowest BCUT2D eigenvalue weighted by Gasteiger charge is -2.46. The average molecular weight is 828 g/mol. The predicted octanol–water partition coefficient (Wildman–Crippen LogP) is 5.07. The normalized spacial score (nSPS) is 38.5. The summed E-state index contributed by atoms with van der Waals surface area (Å²) in [5.74, 6) is -3.25. The molecule has 0 saturated carbocycles. The fourth-order valence-corrected chi connectivity index (χ4v) is 8.93. The molecule has 0 aromatic rings. The molecule has 15 atom stereocenters. The van der Waals surface area contributed by atoms with Crippen LogP contribution in [0.25, 0.3) is 0 Å². The second-order valence-corrected chi connectivity index (χ2v) is 18.0. The molecule has 0 aromatic heterocycles. The molecule has 0 aliphatic carbocycles. The van der Waals surface area contributed by atoms with E-state index in [1.165, 1.54) is 46.0 Å². The van der Waals surface area contributed by atoms with Gasteiger partial charge in [0.25, 0.3) is 0 Å². The molecule has 2 heterocycles. The highest BCUT2D eigenvalue weighted by Gasteiger charge is 2.50. The molecule has 1 amide bonds. The Morgan fingerprint density at radius 1 is 0.927 bits per heavy atom. The SMILES string of the molecule is CC[C@H]1OC(=O)[C@H](C)[C@@H](O)[C@H](C)[C@@H](O[C@@H]2O[C@H](C)C[C@H](N(C)C)[C@H]2O)[C@](C)(O)C[C@@H](C)CN(C(=O)CCCCCCCCCCCP)[C@H](C)[C@@H](O)[C@]1(C)O.Cl. The van der Waals surface area contributed by atoms with Crippen molar-refractivity contribution in [1.82, 2.24) is 9.80 Å². The first-order valence-corrected chi connectivity index (χ1v) is 21.7. The van der Waals surface area contributed by atoms with E-state index >= 15 is 0 Å². The molecule has 14 heteroatoms. The van der Waals surface area contributed by atoms with E-state index in [0.29, 0.717) is 12.8 Å². The van der Waals surface area contributed by atoms with Gasteiger partial charge in [-0.3, -0.25) is 9.59 Å². The number of halogens is 1. The van der Waals surface area contributed by atoms with Crippen molar-refractivity contribution in [3.05, 3.63) is 0 Å². The first-order valence-electron chi connectivity index (χ1n) is 20.9. The monoisotopic (exact) mass is 827 g/mol. The molecule has 55 heavy (non-hydrogen) atoms. The van der Waals surface area contributed by atoms with Gasteiger partial charge in [-0.15, -0.1) is 21.6 Å². The van der Waals surface area contributed by atoms with Gasteiger partial charge >= 0.3 is 5.97 Å². The summed E-state index contributed by atoms with van der Waals surface area (Å²) in [6.07, 6.45) is 4.73. The van der Waals surface area contributed by atoms with Crippen LogP contribution < -0.4 is 0 Å². The Bertz CT molecular complexity index is 1120. The molecule has 326 valence electrons. The number of carbonyl (C=O) groups is 2. The van der Waals surface area contributed by atoms with E-state index < -0.39 is 71.9 Å². The van der Waals surface area contributed by atoms with Crippen LogP contribution in [-0.4, -0.2) is 140 Å². The number of rotatable bonds is 15. The largest absolute Gasteiger partial charge is 0.459 e. The Morgan fingerprint density at radius 2 is 1.47 bits per heavy atom. The Labute approximate surface area is 341 Å². The third kappa shape index (κ3) is 15.1. The van der Waals surface area contributed by atoms with Crippen LogP contribution in [0.4, 0.5) is 0 Å². The molecule has 5 N–H and O–H groups in total. The highest BCUT2D eigenvalue weighted by atomic mass is 35.5. The maximum absolute atomic E-state index is 14.0. The summed E-state index contributed by atoms with van der Waals surface area (Å²) in [7, 11) is 6.51. The fraction of sp³-hybridized carbons (Fsp3) is 0.951. The van der Waals surface area contributed by atoms with Crippen molar-refractivity contribution >= 4 is 33.5 Å². The molecule has 2 fully saturated rings. The Morgan fingerprint density at radius 3 is 2.00 bits per heavy atom. The molecule has 0 radical (unpaired) electrons. The van der Waals surface area contributed by atoms with Crippen molar-refractivity contribution in [3.63, 3.8) is 0 Å². The zero-order valence-electron chi connectivity index (χ0n) is 35.7. The number of cyclic esters (lactones) is 1. The average Bonchev–Trinajstić information content (AvgIpc) is 3.10. The highest BCUT2D eigenvalue weighted by molar-refractivity contribution is 7.16. The van der Waals surface area contributed by atoms with Crippen molar-refractivity contribution in [2.24, 2.45) is 17.8 Å². The van der Waals surface area contributed by atoms with Crippen molar-refractivity contribution < 1.29 is 49.3 Å². The van der Waals surface area contributed by atoms with Crippen molar-refractivity contribution in [2.45, 2.75) is 205 Å². The van der Waals surface area contributed by atoms with Gasteiger partial charge in [0.15, 0.2) is 6.29 Å². The number of aliphatic hydroxyl groups excluding tert-OH is 3. The Balaban J connectivity index is 0.0000151. The minimum Gasteiger partial charge on any atom is -0.459 e. The topological polar surface area (TPSA) is 169 Å². The summed E-state index contributed by atoms with van der Waals surface area (Å²) < 4.78 is 18.4. The summed E-state index contributed by atoms with van der Waals surface area (Å²) >= 11 is 0. The molecule has 2 saturated heterocycles. The van der Waals surface area contributed by atoms with Gasteiger partial charge in [-0.2, -0.15) is 0 Å². The van der Waals surface area contributed by atoms with E-state index in [-0.39, 0.29) is 62.2 Å². The van der Waals surface area contributed by atoms with E-state index in [2.05, 4.69) is 9.24 Å². The molecular formula is C41H80ClN2O10P. The Hall–Kier alpha value is -0.660. The van der Waals surface area contributed by atoms with Crippen LogP contribution in [0.2, 0.25) is 0 Å². The number of nitrogens with zero attached hydrogens (tertiary/aromatic N) is 2. The van der Waals surface area contributed by atoms with Crippen LogP contribution in [-0.2, 0) is 23.8 Å². The van der Waals surface area contributed by atoms with Gasteiger partial charge < -0.3 is 49.5 Å². The third-order valence-electron chi connectivity index (χ3n) is 12.1. The highest BCUT2D eigenvalue weighted by Crippen LogP contribution is 2.37. The third-order valence-corrected chi connectivity index (χ3v) is 12.5. The molecule has 2 aliphatic heterocycles. The zero-order valence-corrected chi connectivity index (χ0v) is 37.7. The van der Waals surface area contributed by atoms with E-state index in [9.17, 15) is 35.1 Å². The zero-order chi connectivity index (χ0) is 41.0. The standard InChI is InChI=1S/C41H79N2O10P.ClH/c1-11-32-41(8,50)36(47)30(6)43(33(44)21-19-17-15-13-12-14-16-18-20-22-54)25-26(2)24-40(7,49)37(28(4)34(45)29(5)38(48)52-32)53-39-35(46)31(42(9)10)23-27(3)51-39;/h26-32,34-37,39,45-47,49-50H,11-25,54H2,1-10H3;1H/t26-,27-,28+,29-,30-,31+,32-,34+,35-,36-,37-,39+,40-,41-;/m1./s1. The first-order chi connectivity index (χ1) is 25.2. The van der Waals surface area contributed by atoms with Crippen molar-refractivity contribution in [1.29, 1.82) is 0 Å². The summed E-state index contributed by atoms with van der Waals surface area (Å²) in [4.78, 5) is 31.1. The van der Waals surface area contributed by atoms with Crippen LogP contribution >= 0.6 is 21.6 Å². The van der Waals surface area contributed by atoms with Crippen LogP contribution in [0.5, 0.6) is 0 Å². The van der Waals surface area contributed by atoms with Crippen LogP contribution in [0.1, 0.15) is 139 Å². The number of likely N-dealkylation sites (N-methyl/N-ethyl adjacent to an activating group) is 1. The molecule has 1 unspecified atom stereocenters. The van der Waals surface area contributed by atoms with Crippen LogP contribution in [0, 0.1) is 17.8 Å². The van der Waals surface area contributed by atoms with Gasteiger partial charge in [-0.05, 0) is 92.9 Å². The van der Waals surface area contributed by atoms with Gasteiger partial charge in [0.05, 0.1) is 35.9 Å². The number of hydrogen-bond donors (Lipinski definition) is 5. The minimum atomic E-state index is -1.93. The lowest BCUT2D eigenvalue weighted by atomic mass is 9.78. The van der Waals surface area contributed by atoms with Gasteiger partial charge in [-0.25, -0.2) is 0 Å². The fourth-order valence-electron chi connectivity index (χ4n) is 8.64. The lowest BCUT2D eigenvalue weighted by molar-refractivity contribution is -0.299. The lowest BCUT2D eigenvalue weighted by Crippen LogP contribution is -2.60. The van der Waals surface area contributed by atoms with E-state index in [0.717, 1.165) is 25.4 Å². The number of aliphatic hydroxyl groups is 5. The van der Waals surface area contributed by atoms with E-state index in [1.807, 2.05) is 32.8 Å². The van der Waals surface area contributed by atoms with Crippen molar-refractivity contribution in [2.75, 3.05) is 26.8 Å². The first kappa shape index (κ1) is 52.4. The van der Waals surface area contributed by atoms with Gasteiger partial charge in [-0.1, -0.05) is 65.7 Å². The van der Waals surface area contributed by atoms with E-state index in [4.69, 9.17) is 14.2 Å². The maximum atomic E-state index is 14.0. The quantitative estimate of drug-likeness (QED) is 0.0850. The van der Waals surface area contributed by atoms with Gasteiger partial charge in [0.1, 0.15) is 23.9 Å². The molecule has 12 nitrogen and oxygen atoms in total. The minimum absolute atomic E-state index is 0. The summed E-state index contributed by atoms with van der Waals surface area (Å²) in [5.41, 5.74) is -3.56. The van der Waals surface area contributed by atoms with Gasteiger partial charge in [0, 0.05) is 24.9 Å². The summed E-state index contributed by atoms with van der Waals surface area (Å²) in [6, 6.07) is -1.14. The molecule has 2 aliphatic rings. The summed E-state index contributed by atoms with van der Waals surface area (Å²) in [6.45, 7) is 13.6. The smallest absolute Gasteiger partial charge is 0.311 e. The van der Waals surface area contributed by atoms with E-state index in [1.54, 1.807) is 32.6 Å². The maximum Gasteiger partial charge on any atom is 0.311 e. The summed E-state index contributed by atoms with van der Waals surface area (Å²) in [5, 5.41) is 58.8. The number of unbranched alkanes of at least 4 members (excludes halogenated alkanes) is 8. The molecule has 2 rings (SSSR count). The number of amides is 1. The second-order valence-electron chi connectivity index (χ2n) is 17.4. The molecule has 0 aromatic carbocycles. The molecule has 0 bridgehead atoms. The number of ether oxygens (including phenoxy) is 3. The van der Waals surface area contributed by atoms with Crippen molar-refractivity contribution in [3.8, 4) is 0 Å². The predicted molar refractivity (Wildman–Crippen MR) is 222 cm³/mol. The second kappa shape index (κ2) is 24.4. The molecular weight excluding hydrogens is 747 g/mol.